The molecular formula is C31H22ClNO5. The van der Waals surface area contributed by atoms with E-state index in [9.17, 15) is 19.2 Å². The maximum absolute atomic E-state index is 14.1. The third-order valence-corrected chi connectivity index (χ3v) is 6.76. The van der Waals surface area contributed by atoms with E-state index in [2.05, 4.69) is 5.32 Å². The number of rotatable bonds is 7. The van der Waals surface area contributed by atoms with E-state index in [0.717, 1.165) is 5.56 Å². The molecule has 0 bridgehead atoms. The standard InChI is InChI=1S/C31H22ClNO5/c1-18-17-20(32)15-16-25(18)33-30(36)28(35)26(29-23-13-7-8-14-24(23)31(37)38-29)27(34)22-12-6-5-11-21(22)19-9-3-2-4-10-19/h2-17,26,29H,1H3,(H,33,36). The number of halogens is 1. The number of hydrogen-bond acceptors (Lipinski definition) is 5. The monoisotopic (exact) mass is 523 g/mol. The Morgan fingerprint density at radius 2 is 1.50 bits per heavy atom. The molecule has 0 fully saturated rings. The van der Waals surface area contributed by atoms with Gasteiger partial charge in [-0.15, -0.1) is 0 Å². The molecule has 1 heterocycles. The van der Waals surface area contributed by atoms with Crippen LogP contribution in [0.25, 0.3) is 11.1 Å². The highest BCUT2D eigenvalue weighted by atomic mass is 35.5. The molecule has 1 N–H and O–H groups in total. The minimum absolute atomic E-state index is 0.243. The van der Waals surface area contributed by atoms with E-state index in [1.54, 1.807) is 73.7 Å². The van der Waals surface area contributed by atoms with Crippen molar-refractivity contribution >= 4 is 40.7 Å². The number of hydrogen-bond donors (Lipinski definition) is 1. The summed E-state index contributed by atoms with van der Waals surface area (Å²) in [5.74, 6) is -4.87. The summed E-state index contributed by atoms with van der Waals surface area (Å²) in [5.41, 5.74) is 3.29. The summed E-state index contributed by atoms with van der Waals surface area (Å²) in [7, 11) is 0. The summed E-state index contributed by atoms with van der Waals surface area (Å²) >= 11 is 6.02. The molecule has 4 aromatic rings. The van der Waals surface area contributed by atoms with Gasteiger partial charge in [0.05, 0.1) is 5.56 Å². The first kappa shape index (κ1) is 25.1. The van der Waals surface area contributed by atoms with Crippen molar-refractivity contribution in [1.29, 1.82) is 0 Å². The average molecular weight is 524 g/mol. The van der Waals surface area contributed by atoms with Gasteiger partial charge < -0.3 is 10.1 Å². The van der Waals surface area contributed by atoms with Crippen molar-refractivity contribution in [3.8, 4) is 11.1 Å². The molecule has 4 aromatic carbocycles. The molecule has 2 unspecified atom stereocenters. The molecule has 0 saturated carbocycles. The van der Waals surface area contributed by atoms with Crippen molar-refractivity contribution in [1.82, 2.24) is 0 Å². The third-order valence-electron chi connectivity index (χ3n) is 6.53. The predicted octanol–water partition coefficient (Wildman–Crippen LogP) is 6.23. The van der Waals surface area contributed by atoms with Crippen LogP contribution in [-0.4, -0.2) is 23.4 Å². The maximum atomic E-state index is 14.1. The van der Waals surface area contributed by atoms with Crippen LogP contribution in [0.1, 0.15) is 37.9 Å². The Kier molecular flexibility index (Phi) is 6.90. The molecule has 188 valence electrons. The summed E-state index contributed by atoms with van der Waals surface area (Å²) < 4.78 is 5.57. The smallest absolute Gasteiger partial charge is 0.339 e. The topological polar surface area (TPSA) is 89.5 Å². The van der Waals surface area contributed by atoms with Gasteiger partial charge in [0.2, 0.25) is 5.78 Å². The second kappa shape index (κ2) is 10.4. The molecule has 2 atom stereocenters. The number of carbonyl (C=O) groups is 4. The van der Waals surface area contributed by atoms with E-state index < -0.39 is 35.5 Å². The van der Waals surface area contributed by atoms with Gasteiger partial charge in [0, 0.05) is 21.8 Å². The van der Waals surface area contributed by atoms with E-state index in [0.29, 0.717) is 27.4 Å². The van der Waals surface area contributed by atoms with E-state index in [1.807, 2.05) is 30.3 Å². The van der Waals surface area contributed by atoms with Crippen molar-refractivity contribution in [2.75, 3.05) is 5.32 Å². The second-order valence-corrected chi connectivity index (χ2v) is 9.38. The minimum Gasteiger partial charge on any atom is -0.453 e. The van der Waals surface area contributed by atoms with Gasteiger partial charge in [0.1, 0.15) is 12.0 Å². The molecule has 0 spiro atoms. The number of amides is 1. The van der Waals surface area contributed by atoms with Crippen LogP contribution in [-0.2, 0) is 14.3 Å². The van der Waals surface area contributed by atoms with Crippen molar-refractivity contribution in [3.63, 3.8) is 0 Å². The SMILES string of the molecule is Cc1cc(Cl)ccc1NC(=O)C(=O)C(C(=O)c1ccccc1-c1ccccc1)C1OC(=O)c2ccccc21. The summed E-state index contributed by atoms with van der Waals surface area (Å²) in [4.78, 5) is 53.8. The van der Waals surface area contributed by atoms with Gasteiger partial charge >= 0.3 is 5.97 Å². The van der Waals surface area contributed by atoms with Crippen LogP contribution in [0.2, 0.25) is 5.02 Å². The number of cyclic esters (lactones) is 1. The van der Waals surface area contributed by atoms with Crippen molar-refractivity contribution in [2.45, 2.75) is 13.0 Å². The number of fused-ring (bicyclic) bond motifs is 1. The summed E-state index contributed by atoms with van der Waals surface area (Å²) in [6.45, 7) is 1.74. The molecule has 0 radical (unpaired) electrons. The fraction of sp³-hybridized carbons (Fsp3) is 0.0968. The van der Waals surface area contributed by atoms with Gasteiger partial charge in [-0.25, -0.2) is 4.79 Å². The Balaban J connectivity index is 1.58. The summed E-state index contributed by atoms with van der Waals surface area (Å²) in [6, 6.07) is 27.5. The molecule has 7 heteroatoms. The average Bonchev–Trinajstić information content (AvgIpc) is 3.26. The number of anilines is 1. The zero-order chi connectivity index (χ0) is 26.8. The van der Waals surface area contributed by atoms with Crippen LogP contribution >= 0.6 is 11.6 Å². The zero-order valence-corrected chi connectivity index (χ0v) is 21.1. The number of benzene rings is 4. The Hall–Kier alpha value is -4.55. The van der Waals surface area contributed by atoms with Gasteiger partial charge in [0.25, 0.3) is 5.91 Å². The van der Waals surface area contributed by atoms with Gasteiger partial charge in [0.15, 0.2) is 5.78 Å². The molecule has 0 aliphatic carbocycles. The van der Waals surface area contributed by atoms with Crippen molar-refractivity contribution < 1.29 is 23.9 Å². The maximum Gasteiger partial charge on any atom is 0.339 e. The van der Waals surface area contributed by atoms with E-state index in [1.165, 1.54) is 0 Å². The molecule has 0 aromatic heterocycles. The fourth-order valence-corrected chi connectivity index (χ4v) is 4.87. The molecule has 38 heavy (non-hydrogen) atoms. The Labute approximate surface area is 224 Å². The van der Waals surface area contributed by atoms with Crippen LogP contribution in [0.5, 0.6) is 0 Å². The highest BCUT2D eigenvalue weighted by Gasteiger charge is 2.46. The number of ketones is 2. The minimum atomic E-state index is -1.60. The van der Waals surface area contributed by atoms with E-state index in [4.69, 9.17) is 16.3 Å². The van der Waals surface area contributed by atoms with E-state index in [-0.39, 0.29) is 11.1 Å². The molecular weight excluding hydrogens is 502 g/mol. The lowest BCUT2D eigenvalue weighted by atomic mass is 9.82. The first-order valence-electron chi connectivity index (χ1n) is 11.9. The second-order valence-electron chi connectivity index (χ2n) is 8.94. The largest absolute Gasteiger partial charge is 0.453 e. The molecule has 0 saturated heterocycles. The number of ether oxygens (including phenoxy) is 1. The number of nitrogens with one attached hydrogen (secondary N) is 1. The quantitative estimate of drug-likeness (QED) is 0.134. The lowest BCUT2D eigenvalue weighted by Crippen LogP contribution is -2.38. The number of esters is 1. The first-order chi connectivity index (χ1) is 18.3. The van der Waals surface area contributed by atoms with Gasteiger partial charge in [-0.05, 0) is 47.9 Å². The van der Waals surface area contributed by atoms with Crippen molar-refractivity contribution in [3.05, 3.63) is 124 Å². The zero-order valence-electron chi connectivity index (χ0n) is 20.3. The summed E-state index contributed by atoms with van der Waals surface area (Å²) in [5, 5.41) is 3.07. The normalized spacial score (nSPS) is 14.8. The molecule has 5 rings (SSSR count). The van der Waals surface area contributed by atoms with Gasteiger partial charge in [-0.1, -0.05) is 84.4 Å². The third kappa shape index (κ3) is 4.74. The van der Waals surface area contributed by atoms with Crippen LogP contribution in [0.3, 0.4) is 0 Å². The molecule has 1 aliphatic rings. The molecule has 1 amide bonds. The number of carbonyl (C=O) groups excluding carboxylic acids is 4. The predicted molar refractivity (Wildman–Crippen MR) is 144 cm³/mol. The van der Waals surface area contributed by atoms with E-state index >= 15 is 0 Å². The van der Waals surface area contributed by atoms with Crippen LogP contribution in [0, 0.1) is 12.8 Å². The Morgan fingerprint density at radius 1 is 0.842 bits per heavy atom. The van der Waals surface area contributed by atoms with Crippen LogP contribution in [0.15, 0.2) is 97.1 Å². The highest BCUT2D eigenvalue weighted by Crippen LogP contribution is 2.39. The summed E-state index contributed by atoms with van der Waals surface area (Å²) in [6.07, 6.45) is -1.25. The van der Waals surface area contributed by atoms with Crippen molar-refractivity contribution in [2.24, 2.45) is 5.92 Å². The first-order valence-corrected chi connectivity index (χ1v) is 12.3. The number of aryl methyl sites for hydroxylation is 1. The lowest BCUT2D eigenvalue weighted by molar-refractivity contribution is -0.138. The number of Topliss-reactive ketones (excluding diaryl/α,β-unsaturated/α-hetero) is 2. The Bertz CT molecular complexity index is 1580. The van der Waals surface area contributed by atoms with Gasteiger partial charge in [-0.2, -0.15) is 0 Å². The molecule has 6 nitrogen and oxygen atoms in total. The lowest BCUT2D eigenvalue weighted by Gasteiger charge is -2.22. The highest BCUT2D eigenvalue weighted by molar-refractivity contribution is 6.45. The van der Waals surface area contributed by atoms with Crippen LogP contribution < -0.4 is 5.32 Å². The Morgan fingerprint density at radius 3 is 2.24 bits per heavy atom. The fourth-order valence-electron chi connectivity index (χ4n) is 4.64. The van der Waals surface area contributed by atoms with Gasteiger partial charge in [-0.3, -0.25) is 14.4 Å². The molecule has 1 aliphatic heterocycles. The van der Waals surface area contributed by atoms with Crippen LogP contribution in [0.4, 0.5) is 5.69 Å².